The molecule has 0 saturated heterocycles. The van der Waals surface area contributed by atoms with Gasteiger partial charge in [-0.1, -0.05) is 24.3 Å². The Morgan fingerprint density at radius 2 is 1.62 bits per heavy atom. The van der Waals surface area contributed by atoms with Crippen LogP contribution in [0.1, 0.15) is 39.8 Å². The summed E-state index contributed by atoms with van der Waals surface area (Å²) in [4.78, 5) is 15.4. The fraction of sp³-hybridized carbons (Fsp3) is 0.360. The van der Waals surface area contributed by atoms with Gasteiger partial charge in [0.05, 0.1) is 14.2 Å². The highest BCUT2D eigenvalue weighted by Crippen LogP contribution is 2.25. The van der Waals surface area contributed by atoms with Gasteiger partial charge in [-0.25, -0.2) is 0 Å². The van der Waals surface area contributed by atoms with Crippen LogP contribution in [-0.4, -0.2) is 41.4 Å². The Kier molecular flexibility index (Phi) is 6.75. The largest absolute Gasteiger partial charge is 0.497 e. The molecule has 0 unspecified atom stereocenters. The topological polar surface area (TPSA) is 68.6 Å². The number of rotatable bonds is 8. The van der Waals surface area contributed by atoms with E-state index in [0.717, 1.165) is 48.7 Å². The maximum Gasteiger partial charge on any atom is 0.272 e. The predicted octanol–water partition coefficient (Wildman–Crippen LogP) is 3.41. The van der Waals surface area contributed by atoms with Crippen LogP contribution in [0.2, 0.25) is 0 Å². The summed E-state index contributed by atoms with van der Waals surface area (Å²) in [5, 5.41) is 7.68. The number of aryl methyl sites for hydroxylation is 1. The van der Waals surface area contributed by atoms with Crippen LogP contribution in [0.25, 0.3) is 0 Å². The Balaban J connectivity index is 1.46. The van der Waals surface area contributed by atoms with Crippen molar-refractivity contribution < 1.29 is 14.3 Å². The summed E-state index contributed by atoms with van der Waals surface area (Å²) in [5.74, 6) is 1.53. The lowest BCUT2D eigenvalue weighted by atomic mass is 10.0. The summed E-state index contributed by atoms with van der Waals surface area (Å²) in [6.45, 7) is 5.76. The van der Waals surface area contributed by atoms with Crippen LogP contribution in [0.5, 0.6) is 11.5 Å². The number of nitrogens with zero attached hydrogens (tertiary/aromatic N) is 3. The number of ether oxygens (including phenoxy) is 2. The molecule has 0 bridgehead atoms. The Bertz CT molecular complexity index is 1060. The van der Waals surface area contributed by atoms with Gasteiger partial charge in [0.2, 0.25) is 0 Å². The van der Waals surface area contributed by atoms with Gasteiger partial charge in [0, 0.05) is 50.4 Å². The average molecular weight is 435 g/mol. The van der Waals surface area contributed by atoms with Gasteiger partial charge in [-0.15, -0.1) is 0 Å². The average Bonchev–Trinajstić information content (AvgIpc) is 3.21. The third-order valence-corrected chi connectivity index (χ3v) is 5.91. The van der Waals surface area contributed by atoms with Gasteiger partial charge in [-0.2, -0.15) is 5.10 Å². The minimum Gasteiger partial charge on any atom is -0.497 e. The number of benzene rings is 2. The van der Waals surface area contributed by atoms with Gasteiger partial charge in [-0.05, 0) is 42.3 Å². The fourth-order valence-electron chi connectivity index (χ4n) is 4.12. The van der Waals surface area contributed by atoms with Crippen LogP contribution in [0.4, 0.5) is 0 Å². The molecule has 0 atom stereocenters. The molecule has 3 aromatic rings. The van der Waals surface area contributed by atoms with Crippen LogP contribution >= 0.6 is 0 Å². The lowest BCUT2D eigenvalue weighted by Gasteiger charge is -2.27. The second-order valence-electron chi connectivity index (χ2n) is 7.93. The molecule has 1 aliphatic heterocycles. The highest BCUT2D eigenvalue weighted by Gasteiger charge is 2.27. The van der Waals surface area contributed by atoms with E-state index < -0.39 is 0 Å². The first-order chi connectivity index (χ1) is 15.6. The second kappa shape index (κ2) is 9.87. The van der Waals surface area contributed by atoms with E-state index in [1.165, 1.54) is 11.3 Å². The molecule has 2 heterocycles. The number of aromatic nitrogens is 2. The number of hydrogen-bond acceptors (Lipinski definition) is 5. The van der Waals surface area contributed by atoms with E-state index in [1.807, 2.05) is 41.1 Å². The summed E-state index contributed by atoms with van der Waals surface area (Å²) in [6.07, 6.45) is 0.887. The predicted molar refractivity (Wildman–Crippen MR) is 123 cm³/mol. The molecule has 4 rings (SSSR count). The minimum absolute atomic E-state index is 0.129. The summed E-state index contributed by atoms with van der Waals surface area (Å²) in [5.41, 5.74) is 4.99. The summed E-state index contributed by atoms with van der Waals surface area (Å²) >= 11 is 0. The molecule has 7 nitrogen and oxygen atoms in total. The molecule has 0 aliphatic carbocycles. The Hall–Kier alpha value is -3.32. The lowest BCUT2D eigenvalue weighted by Crippen LogP contribution is -2.32. The third kappa shape index (κ3) is 4.78. The SMILES string of the molecule is CCn1nc(C(=O)NCc2ccc(OC)cc2)c2c1CCN(Cc1ccc(OC)cc1)C2. The lowest BCUT2D eigenvalue weighted by molar-refractivity contribution is 0.0942. The van der Waals surface area contributed by atoms with Crippen LogP contribution in [-0.2, 0) is 32.6 Å². The highest BCUT2D eigenvalue weighted by atomic mass is 16.5. The number of nitrogens with one attached hydrogen (secondary N) is 1. The minimum atomic E-state index is -0.129. The number of carbonyl (C=O) groups is 1. The smallest absolute Gasteiger partial charge is 0.272 e. The van der Waals surface area contributed by atoms with Crippen molar-refractivity contribution in [2.75, 3.05) is 20.8 Å². The zero-order chi connectivity index (χ0) is 22.5. The molecule has 2 aromatic carbocycles. The van der Waals surface area contributed by atoms with Gasteiger partial charge in [0.1, 0.15) is 11.5 Å². The Morgan fingerprint density at radius 1 is 1.00 bits per heavy atom. The summed E-state index contributed by atoms with van der Waals surface area (Å²) in [6, 6.07) is 15.8. The maximum absolute atomic E-state index is 13.0. The second-order valence-corrected chi connectivity index (χ2v) is 7.93. The molecule has 0 fully saturated rings. The summed E-state index contributed by atoms with van der Waals surface area (Å²) in [7, 11) is 3.32. The van der Waals surface area contributed by atoms with Crippen molar-refractivity contribution in [2.24, 2.45) is 0 Å². The normalized spacial score (nSPS) is 13.5. The van der Waals surface area contributed by atoms with Crippen LogP contribution in [0.15, 0.2) is 48.5 Å². The molecule has 0 radical (unpaired) electrons. The number of fused-ring (bicyclic) bond motifs is 1. The highest BCUT2D eigenvalue weighted by molar-refractivity contribution is 5.94. The van der Waals surface area contributed by atoms with Crippen molar-refractivity contribution in [1.82, 2.24) is 20.0 Å². The molecule has 32 heavy (non-hydrogen) atoms. The summed E-state index contributed by atoms with van der Waals surface area (Å²) < 4.78 is 12.4. The first-order valence-electron chi connectivity index (χ1n) is 11.0. The van der Waals surface area contributed by atoms with Crippen molar-refractivity contribution >= 4 is 5.91 Å². The van der Waals surface area contributed by atoms with Crippen molar-refractivity contribution in [1.29, 1.82) is 0 Å². The van der Waals surface area contributed by atoms with Crippen LogP contribution in [0.3, 0.4) is 0 Å². The molecule has 168 valence electrons. The Morgan fingerprint density at radius 3 is 2.22 bits per heavy atom. The monoisotopic (exact) mass is 434 g/mol. The zero-order valence-electron chi connectivity index (χ0n) is 18.9. The molecule has 1 aliphatic rings. The van der Waals surface area contributed by atoms with E-state index in [0.29, 0.717) is 18.8 Å². The van der Waals surface area contributed by atoms with Gasteiger partial charge < -0.3 is 14.8 Å². The molecule has 0 spiro atoms. The quantitative estimate of drug-likeness (QED) is 0.589. The van der Waals surface area contributed by atoms with Crippen LogP contribution in [0, 0.1) is 0 Å². The van der Waals surface area contributed by atoms with Crippen LogP contribution < -0.4 is 14.8 Å². The van der Waals surface area contributed by atoms with Gasteiger partial charge >= 0.3 is 0 Å². The molecular formula is C25H30N4O3. The van der Waals surface area contributed by atoms with E-state index in [-0.39, 0.29) is 5.91 Å². The van der Waals surface area contributed by atoms with E-state index in [2.05, 4.69) is 34.4 Å². The first kappa shape index (κ1) is 21.9. The Labute approximate surface area is 188 Å². The van der Waals surface area contributed by atoms with Gasteiger partial charge in [0.15, 0.2) is 5.69 Å². The number of amides is 1. The van der Waals surface area contributed by atoms with E-state index in [4.69, 9.17) is 9.47 Å². The molecule has 7 heteroatoms. The molecule has 1 N–H and O–H groups in total. The van der Waals surface area contributed by atoms with Crippen molar-refractivity contribution in [3.63, 3.8) is 0 Å². The molecule has 1 amide bonds. The molecular weight excluding hydrogens is 404 g/mol. The van der Waals surface area contributed by atoms with E-state index in [9.17, 15) is 4.79 Å². The maximum atomic E-state index is 13.0. The third-order valence-electron chi connectivity index (χ3n) is 5.91. The molecule has 0 saturated carbocycles. The van der Waals surface area contributed by atoms with E-state index in [1.54, 1.807) is 14.2 Å². The number of methoxy groups -OCH3 is 2. The van der Waals surface area contributed by atoms with Crippen molar-refractivity contribution in [3.05, 3.63) is 76.6 Å². The standard InChI is InChI=1S/C25H30N4O3/c1-4-29-23-13-14-28(16-19-7-11-21(32-3)12-8-19)17-22(23)24(27-29)25(30)26-15-18-5-9-20(31-2)10-6-18/h5-12H,4,13-17H2,1-3H3,(H,26,30). The zero-order valence-corrected chi connectivity index (χ0v) is 18.9. The van der Waals surface area contributed by atoms with Gasteiger partial charge in [0.25, 0.3) is 5.91 Å². The molecule has 1 aromatic heterocycles. The number of carbonyl (C=O) groups excluding carboxylic acids is 1. The van der Waals surface area contributed by atoms with Gasteiger partial charge in [-0.3, -0.25) is 14.4 Å². The van der Waals surface area contributed by atoms with E-state index >= 15 is 0 Å². The van der Waals surface area contributed by atoms with Crippen molar-refractivity contribution in [2.45, 2.75) is 39.5 Å². The van der Waals surface area contributed by atoms with Crippen molar-refractivity contribution in [3.8, 4) is 11.5 Å². The first-order valence-corrected chi connectivity index (χ1v) is 11.0. The fourth-order valence-corrected chi connectivity index (χ4v) is 4.12. The number of hydrogen-bond donors (Lipinski definition) is 1.